The third-order valence-corrected chi connectivity index (χ3v) is 0. The minimum atomic E-state index is -4.47. The first kappa shape index (κ1) is 12.0. The summed E-state index contributed by atoms with van der Waals surface area (Å²) in [4.78, 5) is 0. The van der Waals surface area contributed by atoms with Crippen molar-refractivity contribution in [3.8, 4) is 0 Å². The summed E-state index contributed by atoms with van der Waals surface area (Å²) in [5.41, 5.74) is 0. The van der Waals surface area contributed by atoms with E-state index >= 15 is 0 Å². The molecule has 0 aromatic carbocycles. The van der Waals surface area contributed by atoms with Gasteiger partial charge in [0.1, 0.15) is 0 Å². The third-order valence-electron chi connectivity index (χ3n) is 0. The molecule has 0 heterocycles. The van der Waals surface area contributed by atoms with E-state index in [1.54, 1.807) is 0 Å². The van der Waals surface area contributed by atoms with Crippen LogP contribution in [0.15, 0.2) is 0 Å². The van der Waals surface area contributed by atoms with Crippen molar-refractivity contribution in [1.29, 1.82) is 0 Å². The quantitative estimate of drug-likeness (QED) is 0.531. The summed E-state index contributed by atoms with van der Waals surface area (Å²) in [5.74, 6) is 0. The molecular formula is ErLaO6. The molecule has 0 saturated heterocycles. The van der Waals surface area contributed by atoms with Gasteiger partial charge in [-0.25, -0.2) is 0 Å². The summed E-state index contributed by atoms with van der Waals surface area (Å²) in [6.07, 6.45) is 0. The van der Waals surface area contributed by atoms with Gasteiger partial charge in [0.05, 0.1) is 0 Å². The molecule has 0 bridgehead atoms. The monoisotopic (exact) mass is 401 g/mol. The predicted octanol–water partition coefficient (Wildman–Crippen LogP) is -0.713. The fourth-order valence-corrected chi connectivity index (χ4v) is 0. The molecule has 0 aliphatic heterocycles. The Morgan fingerprint density at radius 2 is 0.875 bits per heavy atom. The summed E-state index contributed by atoms with van der Waals surface area (Å²) < 4.78 is 51.6. The average Bonchev–Trinajstić information content (AvgIpc) is 1.25. The zero-order valence-corrected chi connectivity index (χ0v) is 8.79. The van der Waals surface area contributed by atoms with Crippen molar-refractivity contribution in [3.05, 3.63) is 0 Å². The van der Waals surface area contributed by atoms with Gasteiger partial charge in [-0.05, 0) is 0 Å². The van der Waals surface area contributed by atoms with Gasteiger partial charge in [-0.1, -0.05) is 0 Å². The number of hydrogen-bond acceptors (Lipinski definition) is 6. The van der Waals surface area contributed by atoms with Gasteiger partial charge in [0.2, 0.25) is 0 Å². The molecule has 0 aromatic rings. The van der Waals surface area contributed by atoms with E-state index in [1.165, 1.54) is 0 Å². The Bertz CT molecular complexity index is 177. The van der Waals surface area contributed by atoms with E-state index < -0.39 is 62.0 Å². The molecule has 0 fully saturated rings. The standard InChI is InChI=1S/Er.La.6O. The molecule has 0 N–H and O–H groups in total. The second-order valence-electron chi connectivity index (χ2n) is 0.433. The van der Waals surface area contributed by atoms with Gasteiger partial charge in [0.15, 0.2) is 0 Å². The van der Waals surface area contributed by atoms with Crippen LogP contribution in [-0.2, 0) is 9.55 Å². The van der Waals surface area contributed by atoms with Gasteiger partial charge >= 0.3 is 71.6 Å². The van der Waals surface area contributed by atoms with Crippen molar-refractivity contribution < 1.29 is 71.6 Å². The van der Waals surface area contributed by atoms with E-state index in [1.807, 2.05) is 0 Å². The van der Waals surface area contributed by atoms with Crippen molar-refractivity contribution in [2.75, 3.05) is 0 Å². The summed E-state index contributed by atoms with van der Waals surface area (Å²) in [5, 5.41) is 0. The fourth-order valence-electron chi connectivity index (χ4n) is 0. The molecule has 0 amide bonds. The number of rotatable bonds is 0. The Kier molecular flexibility index (Phi) is 12.3. The Morgan fingerprint density at radius 1 is 0.875 bits per heavy atom. The van der Waals surface area contributed by atoms with E-state index in [0.29, 0.717) is 0 Å². The molecule has 0 spiro atoms. The van der Waals surface area contributed by atoms with Gasteiger partial charge in [-0.15, -0.1) is 0 Å². The maximum absolute atomic E-state index is 8.64. The summed E-state index contributed by atoms with van der Waals surface area (Å²) >= 11 is -8.36. The molecule has 8 heteroatoms. The Balaban J connectivity index is 0. The van der Waals surface area contributed by atoms with E-state index in [2.05, 4.69) is 0 Å². The first-order valence-corrected chi connectivity index (χ1v) is 7.77. The molecule has 0 aliphatic carbocycles. The molecule has 0 atom stereocenters. The van der Waals surface area contributed by atoms with Crippen molar-refractivity contribution >= 4 is 0 Å². The van der Waals surface area contributed by atoms with Gasteiger partial charge in [-0.2, -0.15) is 0 Å². The van der Waals surface area contributed by atoms with Crippen LogP contribution in [0.1, 0.15) is 0 Å². The van der Waals surface area contributed by atoms with Crippen molar-refractivity contribution in [3.63, 3.8) is 0 Å². The second kappa shape index (κ2) is 8.24. The molecule has 0 unspecified atom stereocenters. The third kappa shape index (κ3) is 183. The summed E-state index contributed by atoms with van der Waals surface area (Å²) in [7, 11) is 0. The van der Waals surface area contributed by atoms with Crippen LogP contribution < -0.4 is 0 Å². The summed E-state index contributed by atoms with van der Waals surface area (Å²) in [6, 6.07) is 0. The molecule has 0 saturated carbocycles. The first-order valence-electron chi connectivity index (χ1n) is 1.06. The van der Waals surface area contributed by atoms with Crippen molar-refractivity contribution in [1.82, 2.24) is 0 Å². The topological polar surface area (TPSA) is 102 Å². The van der Waals surface area contributed by atoms with Crippen LogP contribution in [0.2, 0.25) is 0 Å². The van der Waals surface area contributed by atoms with Crippen LogP contribution in [0, 0.1) is 62.0 Å². The molecule has 51 valence electrons. The molecule has 0 rings (SSSR count). The van der Waals surface area contributed by atoms with E-state index in [4.69, 9.17) is 9.55 Å². The van der Waals surface area contributed by atoms with E-state index in [-0.39, 0.29) is 0 Å². The molecule has 6 nitrogen and oxygen atoms in total. The van der Waals surface area contributed by atoms with Gasteiger partial charge < -0.3 is 0 Å². The van der Waals surface area contributed by atoms with E-state index in [0.717, 1.165) is 0 Å². The second-order valence-corrected chi connectivity index (χ2v) is 3.17. The minimum absolute atomic E-state index is 3.89. The van der Waals surface area contributed by atoms with Crippen LogP contribution in [0.25, 0.3) is 0 Å². The normalized spacial score (nSPS) is 7.12. The van der Waals surface area contributed by atoms with Crippen LogP contribution in [-0.4, -0.2) is 0 Å². The fraction of sp³-hybridized carbons (Fsp3) is 0. The van der Waals surface area contributed by atoms with Crippen LogP contribution in [0.5, 0.6) is 0 Å². The zero-order chi connectivity index (χ0) is 7.15. The van der Waals surface area contributed by atoms with Crippen LogP contribution in [0.4, 0.5) is 0 Å². The molecule has 8 heavy (non-hydrogen) atoms. The van der Waals surface area contributed by atoms with Crippen LogP contribution in [0.3, 0.4) is 0 Å². The molecule has 0 aromatic heterocycles. The molecular weight excluding hydrogens is 402 g/mol. The Hall–Kier alpha value is 1.24. The van der Waals surface area contributed by atoms with E-state index in [9.17, 15) is 0 Å². The van der Waals surface area contributed by atoms with Gasteiger partial charge in [0, 0.05) is 0 Å². The van der Waals surface area contributed by atoms with Gasteiger partial charge in [-0.3, -0.25) is 0 Å². The van der Waals surface area contributed by atoms with Crippen LogP contribution >= 0.6 is 0 Å². The summed E-state index contributed by atoms with van der Waals surface area (Å²) in [6.45, 7) is 0. The SMILES string of the molecule is [O]=[Er](=[O])=[O].[O]=[La](=[O])=[O]. The molecule has 0 radical (unpaired) electrons. The Morgan fingerprint density at radius 3 is 0.875 bits per heavy atom. The van der Waals surface area contributed by atoms with Gasteiger partial charge in [0.25, 0.3) is 0 Å². The Labute approximate surface area is 69.9 Å². The maximum atomic E-state index is 8.64. The van der Waals surface area contributed by atoms with Crippen molar-refractivity contribution in [2.24, 2.45) is 0 Å². The average molecular weight is 402 g/mol. The van der Waals surface area contributed by atoms with Crippen molar-refractivity contribution in [2.45, 2.75) is 0 Å². The molecule has 0 aliphatic rings. The predicted molar refractivity (Wildman–Crippen MR) is 4.12 cm³/mol. The zero-order valence-electron chi connectivity index (χ0n) is 3.32. The first-order chi connectivity index (χ1) is 3.46. The number of hydrogen-bond donors (Lipinski definition) is 0.